The molecule has 0 saturated carbocycles. The van der Waals surface area contributed by atoms with Gasteiger partial charge in [-0.25, -0.2) is 9.59 Å². The number of carbonyl (C=O) groups is 6. The molecule has 0 fully saturated rings. The SMILES string of the molecule is CC(=O)CC(=O)C(=O)O.CC(=O)CC(=O)C(=O)O.[Ni]. The summed E-state index contributed by atoms with van der Waals surface area (Å²) in [6.07, 6.45) is -1.01. The van der Waals surface area contributed by atoms with E-state index in [1.807, 2.05) is 0 Å². The van der Waals surface area contributed by atoms with Crippen LogP contribution in [0.2, 0.25) is 0 Å². The topological polar surface area (TPSA) is 143 Å². The van der Waals surface area contributed by atoms with Crippen LogP contribution < -0.4 is 0 Å². The quantitative estimate of drug-likeness (QED) is 0.369. The zero-order valence-electron chi connectivity index (χ0n) is 10.1. The van der Waals surface area contributed by atoms with Crippen molar-refractivity contribution in [1.29, 1.82) is 0 Å². The zero-order chi connectivity index (χ0) is 14.9. The number of carboxylic acid groups (broad SMARTS) is 2. The first kappa shape index (κ1) is 22.3. The number of ketones is 4. The van der Waals surface area contributed by atoms with Crippen molar-refractivity contribution >= 4 is 35.1 Å². The van der Waals surface area contributed by atoms with Gasteiger partial charge < -0.3 is 10.2 Å². The van der Waals surface area contributed by atoms with Gasteiger partial charge in [0.05, 0.1) is 12.8 Å². The van der Waals surface area contributed by atoms with Gasteiger partial charge in [0.1, 0.15) is 11.6 Å². The Labute approximate surface area is 118 Å². The number of carboxylic acids is 2. The van der Waals surface area contributed by atoms with Crippen molar-refractivity contribution in [2.24, 2.45) is 0 Å². The van der Waals surface area contributed by atoms with Gasteiger partial charge in [-0.2, -0.15) is 0 Å². The molecule has 110 valence electrons. The van der Waals surface area contributed by atoms with Gasteiger partial charge >= 0.3 is 11.9 Å². The summed E-state index contributed by atoms with van der Waals surface area (Å²) in [6.45, 7) is 2.33. The van der Waals surface area contributed by atoms with E-state index in [1.54, 1.807) is 0 Å². The molecule has 0 amide bonds. The molecule has 19 heavy (non-hydrogen) atoms. The Kier molecular flexibility index (Phi) is 13.2. The summed E-state index contributed by atoms with van der Waals surface area (Å²) in [5.74, 6) is -6.06. The molecule has 0 saturated heterocycles. The number of Topliss-reactive ketones (excluding diaryl/α,β-unsaturated/α-hetero) is 4. The van der Waals surface area contributed by atoms with Crippen LogP contribution >= 0.6 is 0 Å². The van der Waals surface area contributed by atoms with Crippen molar-refractivity contribution in [3.05, 3.63) is 0 Å². The average Bonchev–Trinajstić information content (AvgIpc) is 2.16. The van der Waals surface area contributed by atoms with Gasteiger partial charge in [-0.15, -0.1) is 0 Å². The summed E-state index contributed by atoms with van der Waals surface area (Å²) in [5.41, 5.74) is 0. The Morgan fingerprint density at radius 3 is 0.947 bits per heavy atom. The van der Waals surface area contributed by atoms with Crippen LogP contribution in [-0.2, 0) is 45.3 Å². The second-order valence-corrected chi connectivity index (χ2v) is 3.21. The van der Waals surface area contributed by atoms with Gasteiger partial charge in [-0.05, 0) is 13.8 Å². The van der Waals surface area contributed by atoms with Gasteiger partial charge in [0.25, 0.3) is 0 Å². The first-order valence-electron chi connectivity index (χ1n) is 4.59. The molecule has 0 aromatic rings. The fourth-order valence-electron chi connectivity index (χ4n) is 0.603. The van der Waals surface area contributed by atoms with E-state index in [4.69, 9.17) is 10.2 Å². The van der Waals surface area contributed by atoms with Crippen LogP contribution in [0.1, 0.15) is 26.7 Å². The maximum absolute atomic E-state index is 10.1. The van der Waals surface area contributed by atoms with Crippen LogP contribution in [0.4, 0.5) is 0 Å². The van der Waals surface area contributed by atoms with E-state index < -0.39 is 47.9 Å². The number of hydrogen-bond acceptors (Lipinski definition) is 6. The fourth-order valence-corrected chi connectivity index (χ4v) is 0.603. The first-order valence-corrected chi connectivity index (χ1v) is 4.59. The van der Waals surface area contributed by atoms with Gasteiger partial charge in [-0.3, -0.25) is 19.2 Å². The molecule has 0 aliphatic carbocycles. The molecule has 0 rings (SSSR count). The van der Waals surface area contributed by atoms with Gasteiger partial charge in [0.15, 0.2) is 0 Å². The number of rotatable bonds is 6. The Morgan fingerprint density at radius 1 is 0.684 bits per heavy atom. The standard InChI is InChI=1S/2C5H6O4.Ni/c2*1-3(6)2-4(7)5(8)9;/h2*2H2,1H3,(H,8,9);. The van der Waals surface area contributed by atoms with Gasteiger partial charge in [0, 0.05) is 16.5 Å². The molecule has 0 atom stereocenters. The predicted molar refractivity (Wildman–Crippen MR) is 55.9 cm³/mol. The maximum atomic E-state index is 10.1. The molecule has 8 nitrogen and oxygen atoms in total. The van der Waals surface area contributed by atoms with Crippen LogP contribution in [0, 0.1) is 0 Å². The summed E-state index contributed by atoms with van der Waals surface area (Å²) in [7, 11) is 0. The third-order valence-corrected chi connectivity index (χ3v) is 1.30. The number of hydrogen-bond donors (Lipinski definition) is 2. The molecule has 0 radical (unpaired) electrons. The number of carbonyl (C=O) groups excluding carboxylic acids is 4. The monoisotopic (exact) mass is 318 g/mol. The van der Waals surface area contributed by atoms with Crippen molar-refractivity contribution < 1.29 is 55.5 Å². The van der Waals surface area contributed by atoms with Gasteiger partial charge in [-0.1, -0.05) is 0 Å². The van der Waals surface area contributed by atoms with E-state index in [1.165, 1.54) is 13.8 Å². The third-order valence-electron chi connectivity index (χ3n) is 1.30. The molecule has 0 aliphatic heterocycles. The van der Waals surface area contributed by atoms with Crippen LogP contribution in [0.3, 0.4) is 0 Å². The summed E-state index contributed by atoms with van der Waals surface area (Å²) in [5, 5.41) is 15.9. The Hall–Kier alpha value is -1.89. The van der Waals surface area contributed by atoms with E-state index in [2.05, 4.69) is 0 Å². The second kappa shape index (κ2) is 11.2. The molecule has 0 aliphatic rings. The summed E-state index contributed by atoms with van der Waals surface area (Å²) in [4.78, 5) is 59.9. The normalized spacial score (nSPS) is 8.11. The first-order chi connectivity index (χ1) is 8.07. The van der Waals surface area contributed by atoms with Crippen LogP contribution in [0.5, 0.6) is 0 Å². The Morgan fingerprint density at radius 2 is 0.895 bits per heavy atom. The summed E-state index contributed by atoms with van der Waals surface area (Å²) in [6, 6.07) is 0. The zero-order valence-corrected chi connectivity index (χ0v) is 11.1. The molecule has 0 unspecified atom stereocenters. The van der Waals surface area contributed by atoms with E-state index in [0.717, 1.165) is 0 Å². The number of aliphatic carboxylic acids is 2. The minimum absolute atomic E-state index is 0. The minimum Gasteiger partial charge on any atom is -0.475 e. The minimum atomic E-state index is -1.55. The van der Waals surface area contributed by atoms with E-state index in [-0.39, 0.29) is 16.5 Å². The Balaban J connectivity index is -0.000000256. The van der Waals surface area contributed by atoms with Crippen molar-refractivity contribution in [3.63, 3.8) is 0 Å². The molecule has 9 heteroatoms. The van der Waals surface area contributed by atoms with Gasteiger partial charge in [0.2, 0.25) is 11.6 Å². The van der Waals surface area contributed by atoms with E-state index >= 15 is 0 Å². The summed E-state index contributed by atoms with van der Waals surface area (Å²) >= 11 is 0. The average molecular weight is 319 g/mol. The molecule has 2 N–H and O–H groups in total. The summed E-state index contributed by atoms with van der Waals surface area (Å²) < 4.78 is 0. The van der Waals surface area contributed by atoms with E-state index in [0.29, 0.717) is 0 Å². The molecular weight excluding hydrogens is 307 g/mol. The molecule has 0 bridgehead atoms. The predicted octanol–water partition coefficient (Wildman–Crippen LogP) is -0.764. The van der Waals surface area contributed by atoms with Crippen molar-refractivity contribution in [3.8, 4) is 0 Å². The largest absolute Gasteiger partial charge is 0.475 e. The van der Waals surface area contributed by atoms with Crippen molar-refractivity contribution in [2.75, 3.05) is 0 Å². The smallest absolute Gasteiger partial charge is 0.372 e. The molecular formula is C10H12NiO8. The molecule has 0 aromatic carbocycles. The third kappa shape index (κ3) is 16.1. The molecule has 0 spiro atoms. The molecule has 0 aromatic heterocycles. The maximum Gasteiger partial charge on any atom is 0.372 e. The van der Waals surface area contributed by atoms with E-state index in [9.17, 15) is 28.8 Å². The Bertz CT molecular complexity index is 360. The second-order valence-electron chi connectivity index (χ2n) is 3.21. The fraction of sp³-hybridized carbons (Fsp3) is 0.400. The van der Waals surface area contributed by atoms with Crippen LogP contribution in [0.25, 0.3) is 0 Å². The van der Waals surface area contributed by atoms with Crippen molar-refractivity contribution in [1.82, 2.24) is 0 Å². The molecule has 0 heterocycles. The van der Waals surface area contributed by atoms with Crippen LogP contribution in [0.15, 0.2) is 0 Å². The van der Waals surface area contributed by atoms with Crippen LogP contribution in [-0.4, -0.2) is 45.3 Å². The van der Waals surface area contributed by atoms with Crippen molar-refractivity contribution in [2.45, 2.75) is 26.7 Å².